The molecule has 2 aromatic heterocycles. The van der Waals surface area contributed by atoms with E-state index in [9.17, 15) is 24.6 Å². The van der Waals surface area contributed by atoms with Crippen LogP contribution < -0.4 is 45.1 Å². The number of nitrogens with two attached hydrogens (primary N) is 1. The molecule has 14 heteroatoms. The molecule has 0 spiro atoms. The fourth-order valence-corrected chi connectivity index (χ4v) is 2.65. The number of aliphatic hydroxyl groups excluding tert-OH is 2. The van der Waals surface area contributed by atoms with E-state index in [-0.39, 0.29) is 46.5 Å². The number of nitrogens with zero attached hydrogens (tertiary/aromatic N) is 4. The number of hydrogen-bond acceptors (Lipinski definition) is 11. The maximum Gasteiger partial charge on any atom is 1.00 e. The van der Waals surface area contributed by atoms with Crippen LogP contribution in [0.4, 0.5) is 5.82 Å². The van der Waals surface area contributed by atoms with E-state index in [2.05, 4.69) is 19.5 Å². The molecule has 3 rings (SSSR count). The number of aliphatic hydroxyl groups is 2. The van der Waals surface area contributed by atoms with Crippen molar-refractivity contribution in [3.8, 4) is 0 Å². The number of rotatable bonds is 4. The summed E-state index contributed by atoms with van der Waals surface area (Å²) in [5, 5.41) is 20.0. The molecule has 12 nitrogen and oxygen atoms in total. The van der Waals surface area contributed by atoms with Crippen LogP contribution in [0.1, 0.15) is 6.23 Å². The van der Waals surface area contributed by atoms with Crippen LogP contribution in [0.3, 0.4) is 0 Å². The zero-order valence-corrected chi connectivity index (χ0v) is 15.3. The topological polar surface area (TPSA) is 192 Å². The SMILES string of the molecule is Nc1ncnc2c1ncn2[C@@H]1O[C@H](COP(=O)([O-])[O-])[C@@H](O)[C@H]1O.[Na+]. The summed E-state index contributed by atoms with van der Waals surface area (Å²) < 4.78 is 21.3. The number of nitrogen functional groups attached to an aromatic ring is 1. The van der Waals surface area contributed by atoms with Gasteiger partial charge in [-0.2, -0.15) is 0 Å². The molecule has 1 fully saturated rings. The Balaban J connectivity index is 0.00000208. The number of hydrogen-bond donors (Lipinski definition) is 3. The van der Waals surface area contributed by atoms with E-state index in [0.717, 1.165) is 0 Å². The maximum atomic E-state index is 10.5. The van der Waals surface area contributed by atoms with Crippen LogP contribution in [-0.2, 0) is 13.8 Å². The van der Waals surface area contributed by atoms with Crippen molar-refractivity contribution >= 4 is 24.8 Å². The van der Waals surface area contributed by atoms with Gasteiger partial charge in [0.2, 0.25) is 0 Å². The van der Waals surface area contributed by atoms with Crippen LogP contribution in [0, 0.1) is 0 Å². The second-order valence-corrected chi connectivity index (χ2v) is 6.02. The number of ether oxygens (including phenoxy) is 1. The third-order valence-corrected chi connectivity index (χ3v) is 3.86. The Morgan fingerprint density at radius 3 is 2.71 bits per heavy atom. The Bertz CT molecular complexity index is 769. The van der Waals surface area contributed by atoms with E-state index in [4.69, 9.17) is 10.5 Å². The van der Waals surface area contributed by atoms with E-state index in [1.165, 1.54) is 17.2 Å². The van der Waals surface area contributed by atoms with Gasteiger partial charge in [-0.15, -0.1) is 0 Å². The van der Waals surface area contributed by atoms with E-state index >= 15 is 0 Å². The quantitative estimate of drug-likeness (QED) is 0.343. The zero-order chi connectivity index (χ0) is 16.8. The first-order valence-electron chi connectivity index (χ1n) is 6.39. The van der Waals surface area contributed by atoms with Gasteiger partial charge in [-0.25, -0.2) is 15.0 Å². The van der Waals surface area contributed by atoms with Gasteiger partial charge >= 0.3 is 29.6 Å². The molecule has 0 bridgehead atoms. The normalized spacial score (nSPS) is 27.3. The van der Waals surface area contributed by atoms with Gasteiger partial charge in [0.15, 0.2) is 17.7 Å². The first-order valence-corrected chi connectivity index (χ1v) is 7.85. The van der Waals surface area contributed by atoms with Crippen LogP contribution in [0.15, 0.2) is 12.7 Å². The summed E-state index contributed by atoms with van der Waals surface area (Å²) in [5.41, 5.74) is 6.19. The summed E-state index contributed by atoms with van der Waals surface area (Å²) in [6, 6.07) is 0. The molecule has 1 aliphatic rings. The summed E-state index contributed by atoms with van der Waals surface area (Å²) >= 11 is 0. The van der Waals surface area contributed by atoms with Gasteiger partial charge in [0.1, 0.15) is 30.2 Å². The molecule has 0 amide bonds. The van der Waals surface area contributed by atoms with Gasteiger partial charge in [0.25, 0.3) is 0 Å². The number of anilines is 1. The molecule has 0 saturated carbocycles. The molecule has 126 valence electrons. The average Bonchev–Trinajstić information content (AvgIpc) is 3.01. The average molecular weight is 368 g/mol. The molecule has 4 atom stereocenters. The van der Waals surface area contributed by atoms with Crippen molar-refractivity contribution < 1.29 is 63.4 Å². The standard InChI is InChI=1S/C10H14N5O7P.Na/c11-8-5-9(13-2-12-8)15(3-14-5)10-7(17)6(16)4(22-10)1-21-23(18,19)20;/h2-4,6-7,10,16-17H,1H2,(H2,11,12,13)(H2,18,19,20);/q;+1/p-2/t4-,6-,7-,10-;/m1./s1. The number of phosphoric acid groups is 1. The van der Waals surface area contributed by atoms with E-state index in [0.29, 0.717) is 0 Å². The van der Waals surface area contributed by atoms with Crippen molar-refractivity contribution in [2.45, 2.75) is 24.5 Å². The Morgan fingerprint density at radius 2 is 2.04 bits per heavy atom. The Hall–Kier alpha value is -0.660. The van der Waals surface area contributed by atoms with Crippen molar-refractivity contribution in [1.82, 2.24) is 19.5 Å². The van der Waals surface area contributed by atoms with E-state index < -0.39 is 39.0 Å². The van der Waals surface area contributed by atoms with Crippen LogP contribution in [0.2, 0.25) is 0 Å². The molecule has 1 saturated heterocycles. The minimum atomic E-state index is -5.22. The first kappa shape index (κ1) is 19.7. The predicted octanol–water partition coefficient (Wildman–Crippen LogP) is -6.12. The minimum absolute atomic E-state index is 0. The summed E-state index contributed by atoms with van der Waals surface area (Å²) in [4.78, 5) is 32.8. The third-order valence-electron chi connectivity index (χ3n) is 3.40. The summed E-state index contributed by atoms with van der Waals surface area (Å²) in [6.07, 6.45) is -2.75. The fraction of sp³-hybridized carbons (Fsp3) is 0.500. The van der Waals surface area contributed by atoms with Crippen LogP contribution in [0.25, 0.3) is 11.2 Å². The van der Waals surface area contributed by atoms with Crippen LogP contribution >= 0.6 is 7.82 Å². The second-order valence-electron chi connectivity index (χ2n) is 4.87. The molecule has 4 N–H and O–H groups in total. The van der Waals surface area contributed by atoms with Gasteiger partial charge in [0, 0.05) is 0 Å². The summed E-state index contributed by atoms with van der Waals surface area (Å²) in [6.45, 7) is -0.719. The Labute approximate surface area is 157 Å². The monoisotopic (exact) mass is 368 g/mol. The second kappa shape index (κ2) is 7.30. The third kappa shape index (κ3) is 3.78. The van der Waals surface area contributed by atoms with Crippen LogP contribution in [0.5, 0.6) is 0 Å². The number of aromatic nitrogens is 4. The molecule has 2 aromatic rings. The van der Waals surface area contributed by atoms with Crippen molar-refractivity contribution in [1.29, 1.82) is 0 Å². The van der Waals surface area contributed by atoms with Gasteiger partial charge in [-0.05, 0) is 0 Å². The van der Waals surface area contributed by atoms with Gasteiger partial charge in [-0.1, -0.05) is 0 Å². The molecule has 0 radical (unpaired) electrons. The molecule has 0 aromatic carbocycles. The Morgan fingerprint density at radius 1 is 1.33 bits per heavy atom. The largest absolute Gasteiger partial charge is 1.00 e. The van der Waals surface area contributed by atoms with Crippen LogP contribution in [-0.4, -0.2) is 54.7 Å². The number of fused-ring (bicyclic) bond motifs is 1. The molecule has 24 heavy (non-hydrogen) atoms. The van der Waals surface area contributed by atoms with Gasteiger partial charge < -0.3 is 39.6 Å². The molecule has 1 aliphatic heterocycles. The number of phosphoric ester groups is 1. The van der Waals surface area contributed by atoms with Crippen molar-refractivity contribution in [2.24, 2.45) is 0 Å². The fourth-order valence-electron chi connectivity index (χ4n) is 2.32. The summed E-state index contributed by atoms with van der Waals surface area (Å²) in [5.74, 6) is 0.125. The number of imidazole rings is 1. The molecular formula is C10H12N5NaO7P-. The van der Waals surface area contributed by atoms with E-state index in [1.54, 1.807) is 0 Å². The first-order chi connectivity index (χ1) is 10.8. The van der Waals surface area contributed by atoms with E-state index in [1.807, 2.05) is 0 Å². The van der Waals surface area contributed by atoms with Crippen molar-refractivity contribution in [3.63, 3.8) is 0 Å². The van der Waals surface area contributed by atoms with Crippen molar-refractivity contribution in [2.75, 3.05) is 12.3 Å². The van der Waals surface area contributed by atoms with Gasteiger partial charge in [-0.3, -0.25) is 4.57 Å². The smallest absolute Gasteiger partial charge is 0.790 e. The molecular weight excluding hydrogens is 356 g/mol. The van der Waals surface area contributed by atoms with Gasteiger partial charge in [0.05, 0.1) is 20.8 Å². The summed E-state index contributed by atoms with van der Waals surface area (Å²) in [7, 11) is -5.22. The molecule has 3 heterocycles. The molecule has 0 aliphatic carbocycles. The Kier molecular flexibility index (Phi) is 5.98. The predicted molar refractivity (Wildman–Crippen MR) is 69.2 cm³/mol. The maximum absolute atomic E-state index is 10.5. The molecule has 0 unspecified atom stereocenters. The minimum Gasteiger partial charge on any atom is -0.790 e. The zero-order valence-electron chi connectivity index (χ0n) is 12.4. The van der Waals surface area contributed by atoms with Crippen molar-refractivity contribution in [3.05, 3.63) is 12.7 Å².